The molecule has 2 N–H and O–H groups in total. The second-order valence-electron chi connectivity index (χ2n) is 2.89. The molecule has 0 fully saturated rings. The second kappa shape index (κ2) is 4.54. The summed E-state index contributed by atoms with van der Waals surface area (Å²) in [7, 11) is -1.97. The van der Waals surface area contributed by atoms with Gasteiger partial charge in [0.1, 0.15) is 0 Å². The van der Waals surface area contributed by atoms with Crippen LogP contribution < -0.4 is 4.72 Å². The molecule has 1 atom stereocenters. The molecule has 1 aromatic rings. The van der Waals surface area contributed by atoms with Crippen molar-refractivity contribution in [3.63, 3.8) is 0 Å². The van der Waals surface area contributed by atoms with Crippen LogP contribution >= 0.6 is 0 Å². The number of methoxy groups -OCH3 is 1. The molecule has 7 heteroatoms. The minimum atomic E-state index is -3.49. The van der Waals surface area contributed by atoms with E-state index >= 15 is 0 Å². The van der Waals surface area contributed by atoms with Gasteiger partial charge in [-0.1, -0.05) is 0 Å². The average molecular weight is 219 g/mol. The number of rotatable bonds is 5. The number of hydrogen-bond donors (Lipinski definition) is 2. The molecule has 0 saturated carbocycles. The highest BCUT2D eigenvalue weighted by Gasteiger charge is 2.17. The van der Waals surface area contributed by atoms with Crippen molar-refractivity contribution >= 4 is 10.0 Å². The van der Waals surface area contributed by atoms with Gasteiger partial charge in [-0.2, -0.15) is 0 Å². The van der Waals surface area contributed by atoms with E-state index in [0.29, 0.717) is 6.61 Å². The largest absolute Gasteiger partial charge is 0.383 e. The van der Waals surface area contributed by atoms with Crippen LogP contribution in [0.5, 0.6) is 0 Å². The second-order valence-corrected chi connectivity index (χ2v) is 4.58. The number of imidazole rings is 1. The van der Waals surface area contributed by atoms with E-state index in [-0.39, 0.29) is 11.1 Å². The maximum Gasteiger partial charge on any atom is 0.257 e. The molecule has 0 aliphatic heterocycles. The first-order valence-electron chi connectivity index (χ1n) is 4.06. The summed E-state index contributed by atoms with van der Waals surface area (Å²) in [6.07, 6.45) is 2.57. The lowest BCUT2D eigenvalue weighted by atomic mass is 10.4. The van der Waals surface area contributed by atoms with Crippen LogP contribution in [0.3, 0.4) is 0 Å². The standard InChI is InChI=1S/C7H13N3O3S/c1-6(4-13-2)10-14(11,12)7-3-8-5-9-7/h3,5-6,10H,4H2,1-2H3,(H,8,9). The third-order valence-corrected chi connectivity index (χ3v) is 3.05. The Morgan fingerprint density at radius 1 is 1.71 bits per heavy atom. The first-order valence-corrected chi connectivity index (χ1v) is 5.54. The summed E-state index contributed by atoms with van der Waals surface area (Å²) in [5.41, 5.74) is 0. The third kappa shape index (κ3) is 2.79. The van der Waals surface area contributed by atoms with Gasteiger partial charge in [-0.25, -0.2) is 18.1 Å². The monoisotopic (exact) mass is 219 g/mol. The minimum absolute atomic E-state index is 0.0560. The third-order valence-electron chi connectivity index (χ3n) is 1.54. The quantitative estimate of drug-likeness (QED) is 0.713. The lowest BCUT2D eigenvalue weighted by Crippen LogP contribution is -2.35. The van der Waals surface area contributed by atoms with Crippen molar-refractivity contribution in [1.29, 1.82) is 0 Å². The first kappa shape index (κ1) is 11.2. The van der Waals surface area contributed by atoms with Gasteiger partial charge in [0.05, 0.1) is 19.1 Å². The highest BCUT2D eigenvalue weighted by atomic mass is 32.2. The zero-order valence-electron chi connectivity index (χ0n) is 8.02. The Morgan fingerprint density at radius 2 is 2.43 bits per heavy atom. The maximum atomic E-state index is 11.5. The summed E-state index contributed by atoms with van der Waals surface area (Å²) in [5, 5.41) is 0.0560. The Kier molecular flexibility index (Phi) is 3.62. The zero-order valence-corrected chi connectivity index (χ0v) is 8.84. The Bertz CT molecular complexity index is 360. The SMILES string of the molecule is COCC(C)NS(=O)(=O)c1cnc[nH]1. The van der Waals surface area contributed by atoms with Gasteiger partial charge in [0, 0.05) is 13.2 Å². The van der Waals surface area contributed by atoms with E-state index in [1.165, 1.54) is 19.6 Å². The van der Waals surface area contributed by atoms with Crippen molar-refractivity contribution in [3.05, 3.63) is 12.5 Å². The van der Waals surface area contributed by atoms with E-state index in [2.05, 4.69) is 14.7 Å². The van der Waals surface area contributed by atoms with E-state index < -0.39 is 10.0 Å². The van der Waals surface area contributed by atoms with Gasteiger partial charge in [-0.3, -0.25) is 0 Å². The number of ether oxygens (including phenoxy) is 1. The summed E-state index contributed by atoms with van der Waals surface area (Å²) < 4.78 is 30.3. The predicted molar refractivity (Wildman–Crippen MR) is 50.2 cm³/mol. The molecule has 1 rings (SSSR count). The number of hydrogen-bond acceptors (Lipinski definition) is 4. The number of nitrogens with zero attached hydrogens (tertiary/aromatic N) is 1. The van der Waals surface area contributed by atoms with E-state index in [1.807, 2.05) is 0 Å². The number of H-pyrrole nitrogens is 1. The van der Waals surface area contributed by atoms with Crippen molar-refractivity contribution in [2.75, 3.05) is 13.7 Å². The summed E-state index contributed by atoms with van der Waals surface area (Å²) in [6, 6.07) is -0.270. The Morgan fingerprint density at radius 3 is 2.93 bits per heavy atom. The van der Waals surface area contributed by atoms with Gasteiger partial charge in [0.2, 0.25) is 0 Å². The summed E-state index contributed by atoms with van der Waals surface area (Å²) in [4.78, 5) is 6.16. The van der Waals surface area contributed by atoms with Gasteiger partial charge in [0.25, 0.3) is 10.0 Å². The van der Waals surface area contributed by atoms with E-state index in [0.717, 1.165) is 0 Å². The average Bonchev–Trinajstić information content (AvgIpc) is 2.54. The Hall–Kier alpha value is -0.920. The molecule has 14 heavy (non-hydrogen) atoms. The molecule has 0 saturated heterocycles. The van der Waals surface area contributed by atoms with Gasteiger partial charge >= 0.3 is 0 Å². The fraction of sp³-hybridized carbons (Fsp3) is 0.571. The van der Waals surface area contributed by atoms with Crippen molar-refractivity contribution in [2.45, 2.75) is 18.0 Å². The molecule has 0 bridgehead atoms. The molecule has 0 aromatic carbocycles. The molecule has 0 radical (unpaired) electrons. The lowest BCUT2D eigenvalue weighted by Gasteiger charge is -2.11. The van der Waals surface area contributed by atoms with Crippen molar-refractivity contribution in [2.24, 2.45) is 0 Å². The molecular weight excluding hydrogens is 206 g/mol. The summed E-state index contributed by atoms with van der Waals surface area (Å²) >= 11 is 0. The van der Waals surface area contributed by atoms with Crippen molar-refractivity contribution < 1.29 is 13.2 Å². The molecule has 0 aliphatic carbocycles. The predicted octanol–water partition coefficient (Wildman–Crippen LogP) is -0.277. The van der Waals surface area contributed by atoms with Crippen LogP contribution in [-0.4, -0.2) is 38.1 Å². The van der Waals surface area contributed by atoms with Gasteiger partial charge in [0.15, 0.2) is 5.03 Å². The molecule has 1 aromatic heterocycles. The molecule has 1 heterocycles. The van der Waals surface area contributed by atoms with Crippen molar-refractivity contribution in [1.82, 2.24) is 14.7 Å². The molecule has 0 spiro atoms. The van der Waals surface area contributed by atoms with Crippen molar-refractivity contribution in [3.8, 4) is 0 Å². The Balaban J connectivity index is 2.68. The zero-order chi connectivity index (χ0) is 10.6. The first-order chi connectivity index (χ1) is 6.56. The number of aromatic amines is 1. The Labute approximate surface area is 82.7 Å². The van der Waals surface area contributed by atoms with E-state index in [9.17, 15) is 8.42 Å². The van der Waals surface area contributed by atoms with Crippen LogP contribution in [0.4, 0.5) is 0 Å². The van der Waals surface area contributed by atoms with Crippen LogP contribution in [0.25, 0.3) is 0 Å². The van der Waals surface area contributed by atoms with Crippen LogP contribution in [0.1, 0.15) is 6.92 Å². The fourth-order valence-electron chi connectivity index (χ4n) is 1.00. The summed E-state index contributed by atoms with van der Waals surface area (Å²) in [5.74, 6) is 0. The van der Waals surface area contributed by atoms with E-state index in [4.69, 9.17) is 4.74 Å². The number of sulfonamides is 1. The van der Waals surface area contributed by atoms with Crippen LogP contribution in [-0.2, 0) is 14.8 Å². The van der Waals surface area contributed by atoms with Gasteiger partial charge in [-0.05, 0) is 6.92 Å². The number of nitrogens with one attached hydrogen (secondary N) is 2. The smallest absolute Gasteiger partial charge is 0.257 e. The molecular formula is C7H13N3O3S. The minimum Gasteiger partial charge on any atom is -0.383 e. The number of aromatic nitrogens is 2. The normalized spacial score (nSPS) is 14.1. The molecule has 0 aliphatic rings. The molecule has 1 unspecified atom stereocenters. The van der Waals surface area contributed by atoms with Crippen LogP contribution in [0.2, 0.25) is 0 Å². The highest BCUT2D eigenvalue weighted by Crippen LogP contribution is 2.02. The van der Waals surface area contributed by atoms with Gasteiger partial charge < -0.3 is 9.72 Å². The molecule has 0 amide bonds. The fourth-order valence-corrected chi connectivity index (χ4v) is 2.13. The molecule has 6 nitrogen and oxygen atoms in total. The highest BCUT2D eigenvalue weighted by molar-refractivity contribution is 7.89. The van der Waals surface area contributed by atoms with E-state index in [1.54, 1.807) is 6.92 Å². The van der Waals surface area contributed by atoms with Gasteiger partial charge in [-0.15, -0.1) is 0 Å². The lowest BCUT2D eigenvalue weighted by molar-refractivity contribution is 0.180. The summed E-state index contributed by atoms with van der Waals surface area (Å²) in [6.45, 7) is 2.05. The van der Waals surface area contributed by atoms with Crippen LogP contribution in [0.15, 0.2) is 17.6 Å². The van der Waals surface area contributed by atoms with Crippen LogP contribution in [0, 0.1) is 0 Å². The molecule has 80 valence electrons. The topological polar surface area (TPSA) is 84.1 Å². The maximum absolute atomic E-state index is 11.5.